The fraction of sp³-hybridized carbons (Fsp3) is 0.417. The van der Waals surface area contributed by atoms with Crippen LogP contribution in [0.15, 0.2) is 18.2 Å². The van der Waals surface area contributed by atoms with Crippen molar-refractivity contribution in [3.8, 4) is 11.8 Å². The zero-order valence-electron chi connectivity index (χ0n) is 9.60. The normalized spacial score (nSPS) is 12.4. The van der Waals surface area contributed by atoms with Gasteiger partial charge in [0.15, 0.2) is 0 Å². The van der Waals surface area contributed by atoms with Crippen molar-refractivity contribution in [1.82, 2.24) is 4.90 Å². The number of nitriles is 1. The van der Waals surface area contributed by atoms with Crippen LogP contribution in [-0.4, -0.2) is 34.8 Å². The average Bonchev–Trinajstić information content (AvgIpc) is 2.33. The van der Waals surface area contributed by atoms with Gasteiger partial charge in [-0.05, 0) is 24.7 Å². The molecule has 1 rings (SSSR count). The van der Waals surface area contributed by atoms with Crippen LogP contribution in [0.1, 0.15) is 18.5 Å². The molecule has 1 aromatic carbocycles. The molecule has 17 heavy (non-hydrogen) atoms. The Labute approximate surface area is 106 Å². The first-order chi connectivity index (χ1) is 8.13. The lowest BCUT2D eigenvalue weighted by molar-refractivity contribution is 0.179. The summed E-state index contributed by atoms with van der Waals surface area (Å²) < 4.78 is 0. The number of benzene rings is 1. The molecule has 1 unspecified atom stereocenters. The minimum atomic E-state index is -0.606. The standard InChI is InChI=1S/C12H15ClN2O2/c1-2-15(5-6-16)11(8-14)10-7-9(13)3-4-12(10)17/h3-4,7,11,16-17H,2,5-6H2,1H3. The molecule has 0 amide bonds. The van der Waals surface area contributed by atoms with Gasteiger partial charge in [-0.2, -0.15) is 5.26 Å². The molecule has 2 N–H and O–H groups in total. The van der Waals surface area contributed by atoms with Gasteiger partial charge in [0.25, 0.3) is 0 Å². The summed E-state index contributed by atoms with van der Waals surface area (Å²) in [6.07, 6.45) is 0. The van der Waals surface area contributed by atoms with Crippen molar-refractivity contribution < 1.29 is 10.2 Å². The Hall–Kier alpha value is -1.28. The predicted molar refractivity (Wildman–Crippen MR) is 65.8 cm³/mol. The quantitative estimate of drug-likeness (QED) is 0.843. The highest BCUT2D eigenvalue weighted by atomic mass is 35.5. The molecular weight excluding hydrogens is 240 g/mol. The van der Waals surface area contributed by atoms with Crippen molar-refractivity contribution in [1.29, 1.82) is 5.26 Å². The van der Waals surface area contributed by atoms with E-state index >= 15 is 0 Å². The molecule has 0 heterocycles. The van der Waals surface area contributed by atoms with Crippen LogP contribution in [0.4, 0.5) is 0 Å². The topological polar surface area (TPSA) is 67.5 Å². The number of hydrogen-bond acceptors (Lipinski definition) is 4. The van der Waals surface area contributed by atoms with E-state index in [1.54, 1.807) is 17.0 Å². The molecule has 92 valence electrons. The van der Waals surface area contributed by atoms with Crippen LogP contribution in [0.5, 0.6) is 5.75 Å². The highest BCUT2D eigenvalue weighted by molar-refractivity contribution is 6.30. The van der Waals surface area contributed by atoms with Gasteiger partial charge in [0, 0.05) is 17.1 Å². The second-order valence-corrected chi connectivity index (χ2v) is 4.02. The van der Waals surface area contributed by atoms with Gasteiger partial charge in [0.05, 0.1) is 12.7 Å². The average molecular weight is 255 g/mol. The Morgan fingerprint density at radius 2 is 2.24 bits per heavy atom. The summed E-state index contributed by atoms with van der Waals surface area (Å²) in [7, 11) is 0. The van der Waals surface area contributed by atoms with Gasteiger partial charge >= 0.3 is 0 Å². The molecule has 0 aliphatic rings. The van der Waals surface area contributed by atoms with Crippen molar-refractivity contribution in [2.45, 2.75) is 13.0 Å². The number of halogens is 1. The number of rotatable bonds is 5. The number of nitrogens with zero attached hydrogens (tertiary/aromatic N) is 2. The molecule has 4 nitrogen and oxygen atoms in total. The Kier molecular flexibility index (Phi) is 5.23. The number of likely N-dealkylation sites (N-methyl/N-ethyl adjacent to an activating group) is 1. The van der Waals surface area contributed by atoms with Crippen LogP contribution in [0, 0.1) is 11.3 Å². The largest absolute Gasteiger partial charge is 0.508 e. The predicted octanol–water partition coefficient (Wildman–Crippen LogP) is 1.92. The molecule has 0 bridgehead atoms. The van der Waals surface area contributed by atoms with Crippen molar-refractivity contribution in [2.75, 3.05) is 19.7 Å². The van der Waals surface area contributed by atoms with Crippen LogP contribution in [-0.2, 0) is 0 Å². The Morgan fingerprint density at radius 3 is 2.76 bits per heavy atom. The van der Waals surface area contributed by atoms with Crippen molar-refractivity contribution in [2.24, 2.45) is 0 Å². The molecule has 0 aliphatic carbocycles. The maximum atomic E-state index is 9.75. The number of phenols is 1. The molecule has 0 aliphatic heterocycles. The van der Waals surface area contributed by atoms with E-state index in [9.17, 15) is 10.4 Å². The van der Waals surface area contributed by atoms with Gasteiger partial charge in [0.1, 0.15) is 11.8 Å². The Bertz CT molecular complexity index is 417. The number of aliphatic hydroxyl groups excluding tert-OH is 1. The van der Waals surface area contributed by atoms with Crippen LogP contribution < -0.4 is 0 Å². The van der Waals surface area contributed by atoms with E-state index in [-0.39, 0.29) is 12.4 Å². The maximum Gasteiger partial charge on any atom is 0.127 e. The smallest absolute Gasteiger partial charge is 0.127 e. The first-order valence-electron chi connectivity index (χ1n) is 5.37. The summed E-state index contributed by atoms with van der Waals surface area (Å²) in [5, 5.41) is 28.4. The fourth-order valence-corrected chi connectivity index (χ4v) is 1.87. The molecule has 0 aromatic heterocycles. The molecule has 1 aromatic rings. The van der Waals surface area contributed by atoms with E-state index in [2.05, 4.69) is 6.07 Å². The van der Waals surface area contributed by atoms with E-state index in [4.69, 9.17) is 16.7 Å². The second kappa shape index (κ2) is 6.45. The lowest BCUT2D eigenvalue weighted by atomic mass is 10.1. The summed E-state index contributed by atoms with van der Waals surface area (Å²) >= 11 is 5.85. The summed E-state index contributed by atoms with van der Waals surface area (Å²) in [6.45, 7) is 2.83. The van der Waals surface area contributed by atoms with Gasteiger partial charge < -0.3 is 10.2 Å². The second-order valence-electron chi connectivity index (χ2n) is 3.59. The third-order valence-electron chi connectivity index (χ3n) is 2.56. The fourth-order valence-electron chi connectivity index (χ4n) is 1.69. The molecule has 0 saturated heterocycles. The number of phenolic OH excluding ortho intramolecular Hbond substituents is 1. The van der Waals surface area contributed by atoms with Crippen LogP contribution in [0.3, 0.4) is 0 Å². The molecule has 1 atom stereocenters. The third-order valence-corrected chi connectivity index (χ3v) is 2.80. The molecule has 0 saturated carbocycles. The minimum Gasteiger partial charge on any atom is -0.508 e. The first kappa shape index (κ1) is 13.8. The van der Waals surface area contributed by atoms with E-state index in [0.29, 0.717) is 23.7 Å². The first-order valence-corrected chi connectivity index (χ1v) is 5.74. The molecule has 5 heteroatoms. The molecule has 0 radical (unpaired) electrons. The van der Waals surface area contributed by atoms with Crippen LogP contribution >= 0.6 is 11.6 Å². The monoisotopic (exact) mass is 254 g/mol. The number of aromatic hydroxyl groups is 1. The minimum absolute atomic E-state index is 0.0344. The van der Waals surface area contributed by atoms with Gasteiger partial charge in [-0.1, -0.05) is 18.5 Å². The summed E-state index contributed by atoms with van der Waals surface area (Å²) in [5.74, 6) is 0.0392. The van der Waals surface area contributed by atoms with Gasteiger partial charge in [-0.15, -0.1) is 0 Å². The van der Waals surface area contributed by atoms with Crippen molar-refractivity contribution in [3.63, 3.8) is 0 Å². The van der Waals surface area contributed by atoms with E-state index < -0.39 is 6.04 Å². The SMILES string of the molecule is CCN(CCO)C(C#N)c1cc(Cl)ccc1O. The maximum absolute atomic E-state index is 9.75. The third kappa shape index (κ3) is 3.34. The zero-order valence-corrected chi connectivity index (χ0v) is 10.4. The van der Waals surface area contributed by atoms with E-state index in [1.165, 1.54) is 6.07 Å². The van der Waals surface area contributed by atoms with Crippen molar-refractivity contribution >= 4 is 11.6 Å². The van der Waals surface area contributed by atoms with Gasteiger partial charge in [-0.25, -0.2) is 0 Å². The van der Waals surface area contributed by atoms with Gasteiger partial charge in [0.2, 0.25) is 0 Å². The van der Waals surface area contributed by atoms with E-state index in [0.717, 1.165) is 0 Å². The molecule has 0 fully saturated rings. The molecular formula is C12H15ClN2O2. The summed E-state index contributed by atoms with van der Waals surface area (Å²) in [4.78, 5) is 1.77. The Morgan fingerprint density at radius 1 is 1.53 bits per heavy atom. The summed E-state index contributed by atoms with van der Waals surface area (Å²) in [6, 6.07) is 6.12. The molecule has 0 spiro atoms. The number of hydrogen-bond donors (Lipinski definition) is 2. The number of aliphatic hydroxyl groups is 1. The summed E-state index contributed by atoms with van der Waals surface area (Å²) in [5.41, 5.74) is 0.468. The van der Waals surface area contributed by atoms with E-state index in [1.807, 2.05) is 6.92 Å². The zero-order chi connectivity index (χ0) is 12.8. The highest BCUT2D eigenvalue weighted by Gasteiger charge is 2.21. The lowest BCUT2D eigenvalue weighted by Crippen LogP contribution is -2.30. The van der Waals surface area contributed by atoms with Crippen LogP contribution in [0.2, 0.25) is 5.02 Å². The van der Waals surface area contributed by atoms with Crippen LogP contribution in [0.25, 0.3) is 0 Å². The van der Waals surface area contributed by atoms with Crippen molar-refractivity contribution in [3.05, 3.63) is 28.8 Å². The highest BCUT2D eigenvalue weighted by Crippen LogP contribution is 2.30. The Balaban J connectivity index is 3.08. The van der Waals surface area contributed by atoms with Gasteiger partial charge in [-0.3, -0.25) is 4.90 Å². The lowest BCUT2D eigenvalue weighted by Gasteiger charge is -2.25.